The predicted octanol–water partition coefficient (Wildman–Crippen LogP) is 3.31. The lowest BCUT2D eigenvalue weighted by atomic mass is 9.76. The maximum absolute atomic E-state index is 13.5. The highest BCUT2D eigenvalue weighted by Gasteiger charge is 2.54. The van der Waals surface area contributed by atoms with Crippen molar-refractivity contribution < 1.29 is 14.4 Å². The molecule has 3 amide bonds. The molecule has 6 heteroatoms. The molecule has 1 aromatic carbocycles. The van der Waals surface area contributed by atoms with E-state index in [2.05, 4.69) is 0 Å². The number of halogens is 1. The van der Waals surface area contributed by atoms with E-state index in [1.54, 1.807) is 0 Å². The van der Waals surface area contributed by atoms with E-state index in [0.29, 0.717) is 31.0 Å². The third-order valence-electron chi connectivity index (χ3n) is 7.32. The molecule has 5 nitrogen and oxygen atoms in total. The summed E-state index contributed by atoms with van der Waals surface area (Å²) < 4.78 is 0. The van der Waals surface area contributed by atoms with Crippen molar-refractivity contribution in [2.45, 2.75) is 50.0 Å². The molecular weight excluding hydrogens is 388 g/mol. The van der Waals surface area contributed by atoms with Gasteiger partial charge < -0.3 is 4.90 Å². The monoisotopic (exact) mass is 412 g/mol. The summed E-state index contributed by atoms with van der Waals surface area (Å²) in [6.07, 6.45) is 9.06. The highest BCUT2D eigenvalue weighted by atomic mass is 35.5. The van der Waals surface area contributed by atoms with Gasteiger partial charge in [-0.3, -0.25) is 19.3 Å². The van der Waals surface area contributed by atoms with Gasteiger partial charge in [-0.25, -0.2) is 0 Å². The fraction of sp³-hybridized carbons (Fsp3) is 0.522. The molecule has 1 saturated carbocycles. The van der Waals surface area contributed by atoms with Gasteiger partial charge in [0.15, 0.2) is 0 Å². The van der Waals surface area contributed by atoms with Crippen LogP contribution in [0.25, 0.3) is 0 Å². The maximum atomic E-state index is 13.5. The molecule has 0 spiro atoms. The van der Waals surface area contributed by atoms with Crippen LogP contribution >= 0.6 is 11.6 Å². The van der Waals surface area contributed by atoms with Crippen LogP contribution in [0.3, 0.4) is 0 Å². The average molecular weight is 413 g/mol. The van der Waals surface area contributed by atoms with Crippen molar-refractivity contribution in [1.82, 2.24) is 9.80 Å². The number of carbonyl (C=O) groups is 3. The first kappa shape index (κ1) is 18.9. The minimum atomic E-state index is -0.494. The van der Waals surface area contributed by atoms with Crippen LogP contribution in [0.5, 0.6) is 0 Å². The summed E-state index contributed by atoms with van der Waals surface area (Å²) in [7, 11) is 0. The normalized spacial score (nSPS) is 28.6. The van der Waals surface area contributed by atoms with Gasteiger partial charge in [0.25, 0.3) is 0 Å². The zero-order valence-corrected chi connectivity index (χ0v) is 17.1. The van der Waals surface area contributed by atoms with Crippen LogP contribution in [0.1, 0.15) is 44.1 Å². The van der Waals surface area contributed by atoms with Crippen LogP contribution in [-0.4, -0.2) is 46.7 Å². The highest BCUT2D eigenvalue weighted by molar-refractivity contribution is 6.30. The molecule has 29 heavy (non-hydrogen) atoms. The number of hydrogen-bond donors (Lipinski definition) is 0. The molecule has 3 fully saturated rings. The average Bonchev–Trinajstić information content (AvgIpc) is 3.28. The van der Waals surface area contributed by atoms with Crippen LogP contribution < -0.4 is 0 Å². The van der Waals surface area contributed by atoms with E-state index in [9.17, 15) is 14.4 Å². The van der Waals surface area contributed by atoms with Gasteiger partial charge in [-0.15, -0.1) is 0 Å². The highest BCUT2D eigenvalue weighted by Crippen LogP contribution is 2.44. The first-order valence-electron chi connectivity index (χ1n) is 10.6. The fourth-order valence-corrected chi connectivity index (χ4v) is 5.77. The van der Waals surface area contributed by atoms with Gasteiger partial charge in [-0.1, -0.05) is 48.7 Å². The zero-order valence-electron chi connectivity index (χ0n) is 16.4. The molecule has 2 heterocycles. The first-order chi connectivity index (χ1) is 14.0. The van der Waals surface area contributed by atoms with Crippen molar-refractivity contribution in [2.75, 3.05) is 13.1 Å². The molecule has 2 aliphatic carbocycles. The molecule has 0 radical (unpaired) electrons. The quantitative estimate of drug-likeness (QED) is 0.565. The molecule has 0 unspecified atom stereocenters. The lowest BCUT2D eigenvalue weighted by molar-refractivity contribution is -0.155. The summed E-state index contributed by atoms with van der Waals surface area (Å²) in [6.45, 7) is 0.914. The Kier molecular flexibility index (Phi) is 4.54. The lowest BCUT2D eigenvalue weighted by Gasteiger charge is -2.46. The number of allylic oxidation sites excluding steroid dienone is 2. The molecule has 2 atom stereocenters. The summed E-state index contributed by atoms with van der Waals surface area (Å²) in [4.78, 5) is 42.4. The number of carbonyl (C=O) groups excluding carboxylic acids is 3. The third-order valence-corrected chi connectivity index (χ3v) is 7.57. The molecule has 152 valence electrons. The van der Waals surface area contributed by atoms with Gasteiger partial charge in [0, 0.05) is 18.1 Å². The summed E-state index contributed by atoms with van der Waals surface area (Å²) >= 11 is 6.05. The number of imide groups is 1. The number of fused-ring (bicyclic) bond motifs is 1. The number of nitrogens with zero attached hydrogens (tertiary/aromatic N) is 2. The third kappa shape index (κ3) is 2.85. The van der Waals surface area contributed by atoms with Crippen LogP contribution in [0, 0.1) is 11.8 Å². The van der Waals surface area contributed by atoms with E-state index in [1.807, 2.05) is 41.3 Å². The van der Waals surface area contributed by atoms with E-state index in [-0.39, 0.29) is 35.6 Å². The Bertz CT molecular complexity index is 856. The van der Waals surface area contributed by atoms with Gasteiger partial charge in [-0.2, -0.15) is 0 Å². The summed E-state index contributed by atoms with van der Waals surface area (Å²) in [5.74, 6) is -0.365. The minimum absolute atomic E-state index is 0.0465. The van der Waals surface area contributed by atoms with Gasteiger partial charge in [0.05, 0.1) is 23.3 Å². The van der Waals surface area contributed by atoms with E-state index in [0.717, 1.165) is 31.2 Å². The van der Waals surface area contributed by atoms with Crippen molar-refractivity contribution in [3.63, 3.8) is 0 Å². The smallest absolute Gasteiger partial charge is 0.233 e. The van der Waals surface area contributed by atoms with E-state index < -0.39 is 5.41 Å². The van der Waals surface area contributed by atoms with Gasteiger partial charge >= 0.3 is 0 Å². The van der Waals surface area contributed by atoms with Crippen molar-refractivity contribution in [3.05, 3.63) is 47.0 Å². The number of likely N-dealkylation sites (tertiary alicyclic amines) is 2. The molecule has 5 rings (SSSR count). The molecule has 4 aliphatic rings. The molecular formula is C23H25ClN2O3. The summed E-state index contributed by atoms with van der Waals surface area (Å²) in [5, 5.41) is 0.667. The maximum Gasteiger partial charge on any atom is 0.233 e. The number of rotatable bonds is 3. The number of amides is 3. The largest absolute Gasteiger partial charge is 0.338 e. The first-order valence-corrected chi connectivity index (χ1v) is 11.0. The van der Waals surface area contributed by atoms with Crippen LogP contribution in [0.2, 0.25) is 5.02 Å². The Labute approximate surface area is 175 Å². The number of benzene rings is 1. The second kappa shape index (κ2) is 6.98. The Morgan fingerprint density at radius 1 is 0.931 bits per heavy atom. The van der Waals surface area contributed by atoms with Gasteiger partial charge in [-0.05, 0) is 43.4 Å². The van der Waals surface area contributed by atoms with Crippen molar-refractivity contribution in [3.8, 4) is 0 Å². The minimum Gasteiger partial charge on any atom is -0.338 e. The molecule has 1 aromatic rings. The van der Waals surface area contributed by atoms with Crippen molar-refractivity contribution >= 4 is 29.3 Å². The Balaban J connectivity index is 1.31. The second-order valence-electron chi connectivity index (χ2n) is 8.86. The standard InChI is InChI=1S/C23H25ClN2O3/c24-16-9-7-15(8-10-16)23(11-3-4-12-23)22(29)25-13-17(14-25)26-20(27)18-5-1-2-6-19(18)21(26)28/h1-2,7-10,17-19H,3-6,11-14H2/t18-,19+. The van der Waals surface area contributed by atoms with Crippen LogP contribution in [0.4, 0.5) is 0 Å². The van der Waals surface area contributed by atoms with E-state index in [1.165, 1.54) is 4.90 Å². The Morgan fingerprint density at radius 2 is 1.48 bits per heavy atom. The summed E-state index contributed by atoms with van der Waals surface area (Å²) in [5.41, 5.74) is 0.533. The van der Waals surface area contributed by atoms with E-state index in [4.69, 9.17) is 11.6 Å². The number of hydrogen-bond acceptors (Lipinski definition) is 3. The lowest BCUT2D eigenvalue weighted by Crippen LogP contribution is -2.65. The van der Waals surface area contributed by atoms with E-state index >= 15 is 0 Å². The van der Waals surface area contributed by atoms with Crippen molar-refractivity contribution in [2.24, 2.45) is 11.8 Å². The van der Waals surface area contributed by atoms with Crippen LogP contribution in [-0.2, 0) is 19.8 Å². The molecule has 0 bridgehead atoms. The predicted molar refractivity (Wildman–Crippen MR) is 109 cm³/mol. The molecule has 0 aromatic heterocycles. The van der Waals surface area contributed by atoms with Crippen LogP contribution in [0.15, 0.2) is 36.4 Å². The van der Waals surface area contributed by atoms with Gasteiger partial charge in [0.2, 0.25) is 17.7 Å². The molecule has 2 aliphatic heterocycles. The Morgan fingerprint density at radius 3 is 2.03 bits per heavy atom. The zero-order chi connectivity index (χ0) is 20.2. The topological polar surface area (TPSA) is 57.7 Å². The Hall–Kier alpha value is -2.14. The van der Waals surface area contributed by atoms with Gasteiger partial charge in [0.1, 0.15) is 0 Å². The van der Waals surface area contributed by atoms with Crippen molar-refractivity contribution in [1.29, 1.82) is 0 Å². The second-order valence-corrected chi connectivity index (χ2v) is 9.30. The SMILES string of the molecule is O=C1[C@H]2CC=CC[C@H]2C(=O)N1C1CN(C(=O)C2(c3ccc(Cl)cc3)CCCC2)C1. The fourth-order valence-electron chi connectivity index (χ4n) is 5.65. The summed E-state index contributed by atoms with van der Waals surface area (Å²) in [6, 6.07) is 7.46. The molecule has 2 saturated heterocycles. The molecule has 0 N–H and O–H groups in total.